The van der Waals surface area contributed by atoms with Crippen LogP contribution in [-0.4, -0.2) is 38.4 Å². The fourth-order valence-corrected chi connectivity index (χ4v) is 4.70. The Balaban J connectivity index is 0.00000249. The van der Waals surface area contributed by atoms with Crippen LogP contribution >= 0.6 is 11.3 Å². The fourth-order valence-electron chi connectivity index (χ4n) is 3.65. The van der Waals surface area contributed by atoms with Gasteiger partial charge in [-0.3, -0.25) is 14.4 Å². The van der Waals surface area contributed by atoms with Gasteiger partial charge in [0, 0.05) is 23.1 Å². The van der Waals surface area contributed by atoms with Crippen molar-refractivity contribution in [1.29, 1.82) is 0 Å². The molecule has 0 N–H and O–H groups in total. The minimum atomic E-state index is -1.15. The Labute approximate surface area is 195 Å². The molecular weight excluding hydrogens is 428 g/mol. The maximum absolute atomic E-state index is 13.5. The summed E-state index contributed by atoms with van der Waals surface area (Å²) in [5.41, 5.74) is 0. The summed E-state index contributed by atoms with van der Waals surface area (Å²) in [6.45, 7) is 11.5. The van der Waals surface area contributed by atoms with E-state index >= 15 is 0 Å². The second-order valence-electron chi connectivity index (χ2n) is 7.44. The fraction of sp³-hybridized carbons (Fsp3) is 0.560. The van der Waals surface area contributed by atoms with Crippen LogP contribution in [0.15, 0.2) is 18.2 Å². The highest BCUT2D eigenvalue weighted by Crippen LogP contribution is 2.38. The number of esters is 1. The summed E-state index contributed by atoms with van der Waals surface area (Å²) in [5.74, 6) is -2.02. The zero-order valence-electron chi connectivity index (χ0n) is 20.4. The van der Waals surface area contributed by atoms with Crippen molar-refractivity contribution < 1.29 is 28.6 Å². The van der Waals surface area contributed by atoms with E-state index in [-0.39, 0.29) is 24.1 Å². The third-order valence-corrected chi connectivity index (χ3v) is 6.15. The van der Waals surface area contributed by atoms with Gasteiger partial charge in [-0.25, -0.2) is 0 Å². The zero-order chi connectivity index (χ0) is 24.4. The quantitative estimate of drug-likeness (QED) is 0.232. The lowest BCUT2D eigenvalue weighted by atomic mass is 9.76. The monoisotopic (exact) mass is 464 g/mol. The third kappa shape index (κ3) is 6.31. The molecule has 0 bridgehead atoms. The van der Waals surface area contributed by atoms with Crippen molar-refractivity contribution >= 4 is 39.0 Å². The molecule has 1 aromatic heterocycles. The molecule has 0 aliphatic heterocycles. The lowest BCUT2D eigenvalue weighted by Gasteiger charge is -2.26. The van der Waals surface area contributed by atoms with Gasteiger partial charge in [-0.1, -0.05) is 34.6 Å². The van der Waals surface area contributed by atoms with Crippen molar-refractivity contribution in [3.63, 3.8) is 0 Å². The molecular formula is C25H36O6S. The van der Waals surface area contributed by atoms with Crippen molar-refractivity contribution in [2.24, 2.45) is 17.8 Å². The van der Waals surface area contributed by atoms with Gasteiger partial charge in [0.05, 0.1) is 25.7 Å². The molecule has 178 valence electrons. The predicted molar refractivity (Wildman–Crippen MR) is 129 cm³/mol. The lowest BCUT2D eigenvalue weighted by Crippen LogP contribution is -2.39. The van der Waals surface area contributed by atoms with Gasteiger partial charge in [0.25, 0.3) is 0 Å². The molecule has 7 heteroatoms. The highest BCUT2D eigenvalue weighted by atomic mass is 32.1. The Kier molecular flexibility index (Phi) is 11.4. The molecule has 0 fully saturated rings. The van der Waals surface area contributed by atoms with Gasteiger partial charge in [0.2, 0.25) is 0 Å². The minimum Gasteiger partial charge on any atom is -0.493 e. The molecule has 2 atom stereocenters. The average molecular weight is 465 g/mol. The van der Waals surface area contributed by atoms with Crippen LogP contribution < -0.4 is 9.47 Å². The highest BCUT2D eigenvalue weighted by Gasteiger charge is 2.42. The van der Waals surface area contributed by atoms with Crippen LogP contribution in [0.3, 0.4) is 0 Å². The number of carbonyl (C=O) groups is 3. The topological polar surface area (TPSA) is 78.9 Å². The number of Topliss-reactive ketones (excluding diaryl/α,β-unsaturated/α-hetero) is 2. The number of rotatable bonds is 11. The number of ether oxygens (including phenoxy) is 3. The maximum atomic E-state index is 13.5. The van der Waals surface area contributed by atoms with Gasteiger partial charge in [-0.15, -0.1) is 11.3 Å². The molecule has 6 nitrogen and oxygen atoms in total. The van der Waals surface area contributed by atoms with E-state index in [9.17, 15) is 14.4 Å². The van der Waals surface area contributed by atoms with Crippen LogP contribution in [0.4, 0.5) is 0 Å². The van der Waals surface area contributed by atoms with Crippen LogP contribution in [0, 0.1) is 17.8 Å². The van der Waals surface area contributed by atoms with E-state index < -0.39 is 17.8 Å². The summed E-state index contributed by atoms with van der Waals surface area (Å²) < 4.78 is 16.7. The molecule has 32 heavy (non-hydrogen) atoms. The summed E-state index contributed by atoms with van der Waals surface area (Å²) in [6.07, 6.45) is 0.987. The standard InChI is InChI=1S/C23H30O6S.C2H6/c1-7-9-15(24)20(13(3)4)21(23(26)29-8-2)22(25)19-11-14-10-16(27-5)17(28-6)12-18(14)30-19;1-2/h10-13,20-21H,7-9H2,1-6H3;1-2H3. The van der Waals surface area contributed by atoms with Crippen LogP contribution in [0.5, 0.6) is 11.5 Å². The van der Waals surface area contributed by atoms with E-state index in [2.05, 4.69) is 0 Å². The first-order chi connectivity index (χ1) is 15.3. The molecule has 0 saturated carbocycles. The van der Waals surface area contributed by atoms with Gasteiger partial charge in [-0.05, 0) is 36.8 Å². The lowest BCUT2D eigenvalue weighted by molar-refractivity contribution is -0.151. The molecule has 2 aromatic rings. The summed E-state index contributed by atoms with van der Waals surface area (Å²) in [5, 5.41) is 0.810. The van der Waals surface area contributed by atoms with E-state index in [1.54, 1.807) is 39.3 Å². The number of fused-ring (bicyclic) bond motifs is 1. The van der Waals surface area contributed by atoms with Crippen molar-refractivity contribution in [2.75, 3.05) is 20.8 Å². The van der Waals surface area contributed by atoms with Crippen molar-refractivity contribution in [1.82, 2.24) is 0 Å². The predicted octanol–water partition coefficient (Wildman–Crippen LogP) is 5.95. The molecule has 0 aliphatic carbocycles. The number of hydrogen-bond acceptors (Lipinski definition) is 7. The maximum Gasteiger partial charge on any atom is 0.317 e. The molecule has 2 rings (SSSR count). The Morgan fingerprint density at radius 2 is 1.56 bits per heavy atom. The minimum absolute atomic E-state index is 0.0802. The summed E-state index contributed by atoms with van der Waals surface area (Å²) in [6, 6.07) is 5.33. The molecule has 2 unspecified atom stereocenters. The SMILES string of the molecule is CC.CCCC(=O)C(C(C)C)C(C(=O)OCC)C(=O)c1cc2cc(OC)c(OC)cc2s1. The van der Waals surface area contributed by atoms with Gasteiger partial charge >= 0.3 is 5.97 Å². The summed E-state index contributed by atoms with van der Waals surface area (Å²) >= 11 is 1.27. The largest absolute Gasteiger partial charge is 0.493 e. The second-order valence-corrected chi connectivity index (χ2v) is 8.52. The smallest absolute Gasteiger partial charge is 0.317 e. The Morgan fingerprint density at radius 3 is 2.06 bits per heavy atom. The Bertz CT molecular complexity index is 874. The van der Waals surface area contributed by atoms with Gasteiger partial charge < -0.3 is 14.2 Å². The van der Waals surface area contributed by atoms with Crippen LogP contribution in [0.25, 0.3) is 10.1 Å². The third-order valence-electron chi connectivity index (χ3n) is 5.03. The van der Waals surface area contributed by atoms with E-state index in [1.807, 2.05) is 34.6 Å². The number of hydrogen-bond donors (Lipinski definition) is 0. The normalized spacial score (nSPS) is 12.5. The number of thiophene rings is 1. The highest BCUT2D eigenvalue weighted by molar-refractivity contribution is 7.20. The molecule has 1 aromatic carbocycles. The van der Waals surface area contributed by atoms with Crippen LogP contribution in [0.1, 0.15) is 64.1 Å². The van der Waals surface area contributed by atoms with E-state index in [4.69, 9.17) is 14.2 Å². The van der Waals surface area contributed by atoms with Gasteiger partial charge in [0.1, 0.15) is 11.7 Å². The average Bonchev–Trinajstić information content (AvgIpc) is 3.20. The van der Waals surface area contributed by atoms with Crippen molar-refractivity contribution in [2.45, 2.75) is 54.4 Å². The van der Waals surface area contributed by atoms with E-state index in [0.717, 1.165) is 10.1 Å². The number of methoxy groups -OCH3 is 2. The molecule has 0 radical (unpaired) electrons. The molecule has 1 heterocycles. The molecule has 0 saturated heterocycles. The molecule has 0 spiro atoms. The first kappa shape index (κ1) is 27.6. The summed E-state index contributed by atoms with van der Waals surface area (Å²) in [4.78, 5) is 39.5. The second kappa shape index (κ2) is 13.2. The van der Waals surface area contributed by atoms with E-state index in [1.165, 1.54) is 11.3 Å². The van der Waals surface area contributed by atoms with Gasteiger partial charge in [0.15, 0.2) is 17.3 Å². The van der Waals surface area contributed by atoms with E-state index in [0.29, 0.717) is 29.2 Å². The number of carbonyl (C=O) groups excluding carboxylic acids is 3. The van der Waals surface area contributed by atoms with Crippen molar-refractivity contribution in [3.05, 3.63) is 23.1 Å². The number of ketones is 2. The number of benzene rings is 1. The Morgan fingerprint density at radius 1 is 0.969 bits per heavy atom. The van der Waals surface area contributed by atoms with Crippen LogP contribution in [-0.2, 0) is 14.3 Å². The zero-order valence-corrected chi connectivity index (χ0v) is 21.3. The van der Waals surface area contributed by atoms with Crippen LogP contribution in [0.2, 0.25) is 0 Å². The molecule has 0 aliphatic rings. The van der Waals surface area contributed by atoms with Crippen molar-refractivity contribution in [3.8, 4) is 11.5 Å². The molecule has 0 amide bonds. The summed E-state index contributed by atoms with van der Waals surface area (Å²) in [7, 11) is 3.10. The first-order valence-electron chi connectivity index (χ1n) is 11.2. The Hall–Kier alpha value is -2.41. The first-order valence-corrected chi connectivity index (χ1v) is 12.0. The van der Waals surface area contributed by atoms with Gasteiger partial charge in [-0.2, -0.15) is 0 Å².